The van der Waals surface area contributed by atoms with Crippen molar-refractivity contribution in [2.75, 3.05) is 0 Å². The minimum Gasteiger partial charge on any atom is -0.456 e. The summed E-state index contributed by atoms with van der Waals surface area (Å²) in [5.41, 5.74) is 6.95. The molecule has 0 aliphatic heterocycles. The molecule has 2 aromatic heterocycles. The van der Waals surface area contributed by atoms with Gasteiger partial charge in [-0.1, -0.05) is 120 Å². The molecule has 0 atom stereocenters. The third-order valence-electron chi connectivity index (χ3n) is 7.23. The van der Waals surface area contributed by atoms with Crippen molar-refractivity contribution in [3.05, 3.63) is 102 Å². The lowest BCUT2D eigenvalue weighted by Crippen LogP contribution is -2.11. The number of benzene rings is 4. The van der Waals surface area contributed by atoms with E-state index in [4.69, 9.17) is 19.4 Å². The van der Waals surface area contributed by atoms with Crippen LogP contribution in [0.5, 0.6) is 0 Å². The summed E-state index contributed by atoms with van der Waals surface area (Å²) in [4.78, 5) is 14.9. The van der Waals surface area contributed by atoms with Crippen LogP contribution < -0.4 is 0 Å². The van der Waals surface area contributed by atoms with Gasteiger partial charge in [0.15, 0.2) is 17.5 Å². The Morgan fingerprint density at radius 2 is 1.13 bits per heavy atom. The average Bonchev–Trinajstić information content (AvgIpc) is 3.31. The van der Waals surface area contributed by atoms with E-state index in [1.165, 1.54) is 5.56 Å². The number of rotatable bonds is 3. The fourth-order valence-electron chi connectivity index (χ4n) is 5.05. The van der Waals surface area contributed by atoms with Gasteiger partial charge in [0, 0.05) is 33.0 Å². The number of furan rings is 1. The van der Waals surface area contributed by atoms with Gasteiger partial charge in [0.05, 0.1) is 0 Å². The highest BCUT2D eigenvalue weighted by Crippen LogP contribution is 2.42. The van der Waals surface area contributed by atoms with Gasteiger partial charge < -0.3 is 4.42 Å². The fraction of sp³-hybridized carbons (Fsp3) is 0.229. The molecule has 4 heteroatoms. The Kier molecular flexibility index (Phi) is 5.87. The second kappa shape index (κ2) is 9.16. The molecule has 2 heterocycles. The van der Waals surface area contributed by atoms with Gasteiger partial charge in [-0.25, -0.2) is 15.0 Å². The molecule has 4 aromatic carbocycles. The minimum atomic E-state index is -0.0962. The Bertz CT molecular complexity index is 1750. The van der Waals surface area contributed by atoms with Gasteiger partial charge in [-0.2, -0.15) is 0 Å². The molecule has 0 saturated carbocycles. The number of nitrogens with zero attached hydrogens (tertiary/aromatic N) is 3. The molecule has 6 rings (SSSR count). The van der Waals surface area contributed by atoms with E-state index in [0.717, 1.165) is 44.2 Å². The zero-order valence-electron chi connectivity index (χ0n) is 23.4. The lowest BCUT2D eigenvalue weighted by Gasteiger charge is -2.20. The van der Waals surface area contributed by atoms with Crippen molar-refractivity contribution >= 4 is 21.9 Å². The summed E-state index contributed by atoms with van der Waals surface area (Å²) in [6.07, 6.45) is 0. The molecule has 0 spiro atoms. The predicted octanol–water partition coefficient (Wildman–Crippen LogP) is 9.37. The first-order valence-corrected chi connectivity index (χ1v) is 13.5. The average molecular weight is 512 g/mol. The predicted molar refractivity (Wildman–Crippen MR) is 161 cm³/mol. The van der Waals surface area contributed by atoms with E-state index in [-0.39, 0.29) is 10.8 Å². The molecule has 4 nitrogen and oxygen atoms in total. The SMILES string of the molecule is CC(C)(C)c1ccc2c(c1)oc1c(C(C)(C)C)ccc(-c3nc(-c4ccccc4)nc(-c4ccccc4)n3)c12. The van der Waals surface area contributed by atoms with Crippen molar-refractivity contribution < 1.29 is 4.42 Å². The second-order valence-electron chi connectivity index (χ2n) is 12.2. The minimum absolute atomic E-state index is 0.0201. The summed E-state index contributed by atoms with van der Waals surface area (Å²) in [6, 6.07) is 31.1. The Hall–Kier alpha value is -4.31. The smallest absolute Gasteiger partial charge is 0.164 e. The van der Waals surface area contributed by atoms with Crippen molar-refractivity contribution in [3.63, 3.8) is 0 Å². The zero-order chi connectivity index (χ0) is 27.4. The first-order chi connectivity index (χ1) is 18.6. The highest BCUT2D eigenvalue weighted by atomic mass is 16.3. The molecule has 0 unspecified atom stereocenters. The number of aromatic nitrogens is 3. The van der Waals surface area contributed by atoms with Crippen molar-refractivity contribution in [2.24, 2.45) is 0 Å². The van der Waals surface area contributed by atoms with Crippen molar-refractivity contribution in [1.29, 1.82) is 0 Å². The Morgan fingerprint density at radius 3 is 1.67 bits per heavy atom. The first kappa shape index (κ1) is 25.0. The number of fused-ring (bicyclic) bond motifs is 3. The van der Waals surface area contributed by atoms with Crippen LogP contribution in [0.15, 0.2) is 95.4 Å². The van der Waals surface area contributed by atoms with Gasteiger partial charge in [0.2, 0.25) is 0 Å². The van der Waals surface area contributed by atoms with Crippen LogP contribution in [0.2, 0.25) is 0 Å². The lowest BCUT2D eigenvalue weighted by atomic mass is 9.84. The normalized spacial score (nSPS) is 12.4. The summed E-state index contributed by atoms with van der Waals surface area (Å²) >= 11 is 0. The summed E-state index contributed by atoms with van der Waals surface area (Å²) in [5, 5.41) is 2.11. The first-order valence-electron chi connectivity index (χ1n) is 13.5. The highest BCUT2D eigenvalue weighted by Gasteiger charge is 2.25. The van der Waals surface area contributed by atoms with E-state index in [1.54, 1.807) is 0 Å². The molecule has 39 heavy (non-hydrogen) atoms. The van der Waals surface area contributed by atoms with E-state index in [1.807, 2.05) is 60.7 Å². The van der Waals surface area contributed by atoms with Crippen LogP contribution >= 0.6 is 0 Å². The zero-order valence-corrected chi connectivity index (χ0v) is 23.4. The Labute approximate surface area is 229 Å². The molecule has 6 aromatic rings. The maximum Gasteiger partial charge on any atom is 0.164 e. The summed E-state index contributed by atoms with van der Waals surface area (Å²) in [5.74, 6) is 1.93. The number of hydrogen-bond donors (Lipinski definition) is 0. The molecular formula is C35H33N3O. The summed E-state index contributed by atoms with van der Waals surface area (Å²) < 4.78 is 6.67. The monoisotopic (exact) mass is 511 g/mol. The fourth-order valence-corrected chi connectivity index (χ4v) is 5.05. The molecule has 194 valence electrons. The van der Waals surface area contributed by atoms with Crippen molar-refractivity contribution in [3.8, 4) is 34.2 Å². The van der Waals surface area contributed by atoms with Gasteiger partial charge in [-0.15, -0.1) is 0 Å². The molecule has 0 radical (unpaired) electrons. The standard InChI is InChI=1S/C35H33N3O/c1-34(2,3)24-17-18-25-28(21-24)39-30-27(35(4,5)6)20-19-26(29(25)30)33-37-31(22-13-9-7-10-14-22)36-32(38-33)23-15-11-8-12-16-23/h7-21H,1-6H3. The van der Waals surface area contributed by atoms with Crippen molar-refractivity contribution in [1.82, 2.24) is 15.0 Å². The van der Waals surface area contributed by atoms with Gasteiger partial charge in [0.1, 0.15) is 11.2 Å². The lowest BCUT2D eigenvalue weighted by molar-refractivity contribution is 0.570. The van der Waals surface area contributed by atoms with Gasteiger partial charge in [-0.05, 0) is 28.5 Å². The molecular weight excluding hydrogens is 478 g/mol. The topological polar surface area (TPSA) is 51.8 Å². The number of hydrogen-bond acceptors (Lipinski definition) is 4. The Morgan fingerprint density at radius 1 is 0.564 bits per heavy atom. The van der Waals surface area contributed by atoms with Crippen LogP contribution in [0.3, 0.4) is 0 Å². The van der Waals surface area contributed by atoms with Crippen LogP contribution in [0.1, 0.15) is 52.7 Å². The quantitative estimate of drug-likeness (QED) is 0.237. The van der Waals surface area contributed by atoms with Crippen LogP contribution in [0, 0.1) is 0 Å². The maximum atomic E-state index is 6.67. The second-order valence-corrected chi connectivity index (χ2v) is 12.2. The van der Waals surface area contributed by atoms with Crippen LogP contribution in [-0.2, 0) is 10.8 Å². The van der Waals surface area contributed by atoms with Crippen LogP contribution in [-0.4, -0.2) is 15.0 Å². The highest BCUT2D eigenvalue weighted by molar-refractivity contribution is 6.13. The van der Waals surface area contributed by atoms with Gasteiger partial charge >= 0.3 is 0 Å². The molecule has 0 aliphatic carbocycles. The molecule has 0 amide bonds. The largest absolute Gasteiger partial charge is 0.456 e. The summed E-state index contributed by atoms with van der Waals surface area (Å²) in [7, 11) is 0. The summed E-state index contributed by atoms with van der Waals surface area (Å²) in [6.45, 7) is 13.3. The molecule has 0 aliphatic rings. The van der Waals surface area contributed by atoms with E-state index < -0.39 is 0 Å². The molecule has 0 bridgehead atoms. The Balaban J connectivity index is 1.68. The third kappa shape index (κ3) is 4.61. The third-order valence-corrected chi connectivity index (χ3v) is 7.23. The van der Waals surface area contributed by atoms with Gasteiger partial charge in [0.25, 0.3) is 0 Å². The van der Waals surface area contributed by atoms with E-state index >= 15 is 0 Å². The van der Waals surface area contributed by atoms with E-state index in [2.05, 4.69) is 71.9 Å². The molecule has 0 saturated heterocycles. The molecule has 0 fully saturated rings. The van der Waals surface area contributed by atoms with Crippen molar-refractivity contribution in [2.45, 2.75) is 52.4 Å². The van der Waals surface area contributed by atoms with Crippen LogP contribution in [0.4, 0.5) is 0 Å². The van der Waals surface area contributed by atoms with Crippen LogP contribution in [0.25, 0.3) is 56.1 Å². The van der Waals surface area contributed by atoms with E-state index in [9.17, 15) is 0 Å². The molecule has 0 N–H and O–H groups in total. The van der Waals surface area contributed by atoms with Gasteiger partial charge in [-0.3, -0.25) is 0 Å². The maximum absolute atomic E-state index is 6.67. The van der Waals surface area contributed by atoms with E-state index in [0.29, 0.717) is 17.5 Å².